The van der Waals surface area contributed by atoms with E-state index in [9.17, 15) is 4.79 Å². The van der Waals surface area contributed by atoms with E-state index in [4.69, 9.17) is 29.6 Å². The van der Waals surface area contributed by atoms with Crippen molar-refractivity contribution < 1.29 is 4.79 Å². The summed E-state index contributed by atoms with van der Waals surface area (Å²) >= 11 is 11.0. The normalized spacial score (nSPS) is 10.2. The van der Waals surface area contributed by atoms with E-state index in [2.05, 4.69) is 0 Å². The Morgan fingerprint density at radius 3 is 2.33 bits per heavy atom. The molecule has 0 saturated carbocycles. The lowest BCUT2D eigenvalue weighted by atomic mass is 10.1. The van der Waals surface area contributed by atoms with Crippen LogP contribution in [0.2, 0.25) is 5.02 Å². The van der Waals surface area contributed by atoms with Crippen molar-refractivity contribution >= 4 is 40.4 Å². The molecule has 0 aromatic heterocycles. The Hall–Kier alpha value is -1.91. The Kier molecular flexibility index (Phi) is 4.60. The zero-order valence-corrected chi connectivity index (χ0v) is 13.3. The van der Waals surface area contributed by atoms with E-state index in [1.807, 2.05) is 13.0 Å². The molecule has 3 nitrogen and oxygen atoms in total. The summed E-state index contributed by atoms with van der Waals surface area (Å²) in [5.74, 6) is -0.164. The van der Waals surface area contributed by atoms with Gasteiger partial charge >= 0.3 is 0 Å². The number of aryl methyl sites for hydroxylation is 1. The number of benzene rings is 2. The molecule has 2 rings (SSSR count). The molecule has 0 aliphatic carbocycles. The third kappa shape index (κ3) is 3.40. The van der Waals surface area contributed by atoms with Gasteiger partial charge in [0, 0.05) is 18.3 Å². The number of thiocarbonyl (C=S) groups is 1. The van der Waals surface area contributed by atoms with Gasteiger partial charge in [0.05, 0.1) is 10.6 Å². The van der Waals surface area contributed by atoms with E-state index in [1.54, 1.807) is 48.3 Å². The molecule has 108 valence electrons. The van der Waals surface area contributed by atoms with Crippen molar-refractivity contribution in [2.24, 2.45) is 5.73 Å². The first-order valence-electron chi connectivity index (χ1n) is 6.34. The van der Waals surface area contributed by atoms with Gasteiger partial charge in [-0.3, -0.25) is 4.79 Å². The zero-order chi connectivity index (χ0) is 15.6. The molecule has 0 bridgehead atoms. The van der Waals surface area contributed by atoms with Crippen LogP contribution in [-0.4, -0.2) is 17.9 Å². The SMILES string of the molecule is Cc1ccc(C(=O)N(C)c2ccc(C(N)=S)cc2)c(Cl)c1. The third-order valence-electron chi connectivity index (χ3n) is 3.20. The Morgan fingerprint density at radius 2 is 1.81 bits per heavy atom. The Morgan fingerprint density at radius 1 is 1.19 bits per heavy atom. The summed E-state index contributed by atoms with van der Waals surface area (Å²) in [6.45, 7) is 1.93. The van der Waals surface area contributed by atoms with Gasteiger partial charge in [-0.2, -0.15) is 0 Å². The van der Waals surface area contributed by atoms with Crippen LogP contribution in [0.4, 0.5) is 5.69 Å². The number of anilines is 1. The third-order valence-corrected chi connectivity index (χ3v) is 3.75. The van der Waals surface area contributed by atoms with Gasteiger partial charge in [-0.05, 0) is 48.9 Å². The highest BCUT2D eigenvalue weighted by molar-refractivity contribution is 7.80. The van der Waals surface area contributed by atoms with Crippen LogP contribution < -0.4 is 10.6 Å². The molecule has 0 heterocycles. The Labute approximate surface area is 134 Å². The molecule has 0 spiro atoms. The van der Waals surface area contributed by atoms with E-state index < -0.39 is 0 Å². The molecule has 5 heteroatoms. The molecule has 0 atom stereocenters. The van der Waals surface area contributed by atoms with Gasteiger partial charge in [-0.1, -0.05) is 29.9 Å². The van der Waals surface area contributed by atoms with Crippen LogP contribution in [0.1, 0.15) is 21.5 Å². The minimum absolute atomic E-state index is 0.164. The summed E-state index contributed by atoms with van der Waals surface area (Å²) in [5, 5.41) is 0.451. The predicted molar refractivity (Wildman–Crippen MR) is 91.3 cm³/mol. The molecule has 1 amide bonds. The molecule has 2 aromatic rings. The standard InChI is InChI=1S/C16H15ClN2OS/c1-10-3-8-13(14(17)9-10)16(20)19(2)12-6-4-11(5-7-12)15(18)21/h3-9H,1-2H3,(H2,18,21). The van der Waals surface area contributed by atoms with Crippen LogP contribution in [0.25, 0.3) is 0 Å². The van der Waals surface area contributed by atoms with E-state index in [1.165, 1.54) is 0 Å². The largest absolute Gasteiger partial charge is 0.389 e. The maximum Gasteiger partial charge on any atom is 0.259 e. The van der Waals surface area contributed by atoms with E-state index >= 15 is 0 Å². The van der Waals surface area contributed by atoms with Crippen LogP contribution in [-0.2, 0) is 0 Å². The van der Waals surface area contributed by atoms with Crippen molar-refractivity contribution in [2.45, 2.75) is 6.92 Å². The maximum atomic E-state index is 12.5. The van der Waals surface area contributed by atoms with E-state index in [-0.39, 0.29) is 5.91 Å². The summed E-state index contributed by atoms with van der Waals surface area (Å²) in [7, 11) is 1.70. The number of hydrogen-bond donors (Lipinski definition) is 1. The van der Waals surface area contributed by atoms with Crippen molar-refractivity contribution in [3.05, 3.63) is 64.2 Å². The fourth-order valence-electron chi connectivity index (χ4n) is 1.94. The first kappa shape index (κ1) is 15.5. The highest BCUT2D eigenvalue weighted by atomic mass is 35.5. The summed E-state index contributed by atoms with van der Waals surface area (Å²) < 4.78 is 0. The smallest absolute Gasteiger partial charge is 0.259 e. The lowest BCUT2D eigenvalue weighted by Gasteiger charge is -2.18. The number of nitrogens with zero attached hydrogens (tertiary/aromatic N) is 1. The average Bonchev–Trinajstić information content (AvgIpc) is 2.46. The second-order valence-corrected chi connectivity index (χ2v) is 5.61. The molecule has 0 unspecified atom stereocenters. The van der Waals surface area contributed by atoms with Gasteiger partial charge in [-0.25, -0.2) is 0 Å². The fraction of sp³-hybridized carbons (Fsp3) is 0.125. The first-order valence-corrected chi connectivity index (χ1v) is 7.13. The van der Waals surface area contributed by atoms with Crippen LogP contribution in [0, 0.1) is 6.92 Å². The minimum Gasteiger partial charge on any atom is -0.389 e. The molecule has 0 aliphatic rings. The molecular weight excluding hydrogens is 304 g/mol. The van der Waals surface area contributed by atoms with Gasteiger partial charge < -0.3 is 10.6 Å². The van der Waals surface area contributed by atoms with Crippen LogP contribution in [0.3, 0.4) is 0 Å². The van der Waals surface area contributed by atoms with Gasteiger partial charge in [0.15, 0.2) is 0 Å². The number of nitrogens with two attached hydrogens (primary N) is 1. The second-order valence-electron chi connectivity index (χ2n) is 4.76. The summed E-state index contributed by atoms with van der Waals surface area (Å²) in [4.78, 5) is 14.4. The number of amides is 1. The number of hydrogen-bond acceptors (Lipinski definition) is 2. The fourth-order valence-corrected chi connectivity index (χ4v) is 2.39. The monoisotopic (exact) mass is 318 g/mol. The van der Waals surface area contributed by atoms with Gasteiger partial charge in [-0.15, -0.1) is 0 Å². The topological polar surface area (TPSA) is 46.3 Å². The molecule has 0 aliphatic heterocycles. The van der Waals surface area contributed by atoms with Crippen LogP contribution in [0.5, 0.6) is 0 Å². The highest BCUT2D eigenvalue weighted by Crippen LogP contribution is 2.22. The van der Waals surface area contributed by atoms with Gasteiger partial charge in [0.1, 0.15) is 4.99 Å². The molecule has 0 saturated heterocycles. The number of carbonyl (C=O) groups is 1. The summed E-state index contributed by atoms with van der Waals surface area (Å²) in [6, 6.07) is 12.6. The number of rotatable bonds is 3. The molecular formula is C16H15ClN2OS. The van der Waals surface area contributed by atoms with Gasteiger partial charge in [0.25, 0.3) is 5.91 Å². The van der Waals surface area contributed by atoms with Gasteiger partial charge in [0.2, 0.25) is 0 Å². The molecule has 2 aromatic carbocycles. The van der Waals surface area contributed by atoms with Crippen molar-refractivity contribution in [3.8, 4) is 0 Å². The maximum absolute atomic E-state index is 12.5. The zero-order valence-electron chi connectivity index (χ0n) is 11.8. The van der Waals surface area contributed by atoms with Crippen LogP contribution in [0.15, 0.2) is 42.5 Å². The quantitative estimate of drug-likeness (QED) is 0.880. The van der Waals surface area contributed by atoms with E-state index in [0.717, 1.165) is 16.8 Å². The lowest BCUT2D eigenvalue weighted by molar-refractivity contribution is 0.0993. The summed E-state index contributed by atoms with van der Waals surface area (Å²) in [6.07, 6.45) is 0. The molecule has 21 heavy (non-hydrogen) atoms. The molecule has 0 fully saturated rings. The highest BCUT2D eigenvalue weighted by Gasteiger charge is 2.16. The van der Waals surface area contributed by atoms with Crippen molar-refractivity contribution in [1.82, 2.24) is 0 Å². The molecule has 2 N–H and O–H groups in total. The Balaban J connectivity index is 2.28. The Bertz CT molecular complexity index is 698. The number of halogens is 1. The van der Waals surface area contributed by atoms with Crippen molar-refractivity contribution in [1.29, 1.82) is 0 Å². The first-order chi connectivity index (χ1) is 9.90. The lowest BCUT2D eigenvalue weighted by Crippen LogP contribution is -2.26. The second kappa shape index (κ2) is 6.24. The van der Waals surface area contributed by atoms with Crippen molar-refractivity contribution in [3.63, 3.8) is 0 Å². The van der Waals surface area contributed by atoms with Crippen LogP contribution >= 0.6 is 23.8 Å². The minimum atomic E-state index is -0.164. The number of carbonyl (C=O) groups excluding carboxylic acids is 1. The predicted octanol–water partition coefficient (Wildman–Crippen LogP) is 3.56. The van der Waals surface area contributed by atoms with Crippen molar-refractivity contribution in [2.75, 3.05) is 11.9 Å². The van der Waals surface area contributed by atoms with E-state index in [0.29, 0.717) is 15.6 Å². The summed E-state index contributed by atoms with van der Waals surface area (Å²) in [5.41, 5.74) is 8.56. The average molecular weight is 319 g/mol. The molecule has 0 radical (unpaired) electrons.